The molecule has 0 bridgehead atoms. The van der Waals surface area contributed by atoms with Crippen LogP contribution in [0, 0.1) is 0 Å². The number of carbonyl (C=O) groups excluding carboxylic acids is 2. The molecular formula is C15H15Br2NO3. The fourth-order valence-corrected chi connectivity index (χ4v) is 2.63. The summed E-state index contributed by atoms with van der Waals surface area (Å²) in [4.78, 5) is 24.5. The fourth-order valence-electron chi connectivity index (χ4n) is 1.96. The molecule has 0 saturated heterocycles. The largest absolute Gasteiger partial charge is 0.443 e. The highest BCUT2D eigenvalue weighted by Gasteiger charge is 2.24. The molecule has 1 heterocycles. The van der Waals surface area contributed by atoms with E-state index in [1.54, 1.807) is 32.9 Å². The van der Waals surface area contributed by atoms with Gasteiger partial charge in [-0.1, -0.05) is 31.9 Å². The molecule has 0 unspecified atom stereocenters. The minimum Gasteiger partial charge on any atom is -0.443 e. The molecule has 2 aromatic rings. The standard InChI is InChI=1S/C15H15Br2NO3/c1-15(2,3)21-14(20)18-11-5-4-10(17)6-9(11)7-12(18)13(19)8-16/h4-7H,8H2,1-3H3. The summed E-state index contributed by atoms with van der Waals surface area (Å²) in [6.07, 6.45) is -0.552. The molecule has 4 nitrogen and oxygen atoms in total. The fraction of sp³-hybridized carbons (Fsp3) is 0.333. The second-order valence-corrected chi connectivity index (χ2v) is 7.08. The van der Waals surface area contributed by atoms with Gasteiger partial charge in [-0.25, -0.2) is 9.36 Å². The van der Waals surface area contributed by atoms with Crippen LogP contribution in [0.3, 0.4) is 0 Å². The topological polar surface area (TPSA) is 48.3 Å². The van der Waals surface area contributed by atoms with Crippen LogP contribution in [0.1, 0.15) is 31.3 Å². The van der Waals surface area contributed by atoms with Crippen molar-refractivity contribution in [3.63, 3.8) is 0 Å². The number of rotatable bonds is 2. The first-order valence-corrected chi connectivity index (χ1v) is 8.28. The van der Waals surface area contributed by atoms with Crippen molar-refractivity contribution in [1.82, 2.24) is 4.57 Å². The van der Waals surface area contributed by atoms with Crippen LogP contribution in [0.4, 0.5) is 4.79 Å². The smallest absolute Gasteiger partial charge is 0.419 e. The van der Waals surface area contributed by atoms with E-state index >= 15 is 0 Å². The number of benzene rings is 1. The Morgan fingerprint density at radius 3 is 2.48 bits per heavy atom. The molecule has 0 atom stereocenters. The van der Waals surface area contributed by atoms with Crippen LogP contribution in [-0.2, 0) is 4.74 Å². The number of aromatic nitrogens is 1. The van der Waals surface area contributed by atoms with Gasteiger partial charge in [-0.15, -0.1) is 0 Å². The van der Waals surface area contributed by atoms with E-state index in [9.17, 15) is 9.59 Å². The minimum atomic E-state index is -0.627. The zero-order chi connectivity index (χ0) is 15.8. The number of fused-ring (bicyclic) bond motifs is 1. The Kier molecular flexibility index (Phi) is 4.58. The molecule has 0 aliphatic carbocycles. The number of hydrogen-bond acceptors (Lipinski definition) is 3. The third-order valence-electron chi connectivity index (χ3n) is 2.75. The Labute approximate surface area is 139 Å². The zero-order valence-corrected chi connectivity index (χ0v) is 15.1. The highest BCUT2D eigenvalue weighted by atomic mass is 79.9. The van der Waals surface area contributed by atoms with Gasteiger partial charge < -0.3 is 4.74 Å². The first kappa shape index (κ1) is 16.2. The lowest BCUT2D eigenvalue weighted by molar-refractivity contribution is 0.0536. The summed E-state index contributed by atoms with van der Waals surface area (Å²) in [5, 5.41) is 0.951. The monoisotopic (exact) mass is 415 g/mol. The summed E-state index contributed by atoms with van der Waals surface area (Å²) < 4.78 is 7.61. The van der Waals surface area contributed by atoms with E-state index in [-0.39, 0.29) is 11.1 Å². The van der Waals surface area contributed by atoms with Crippen molar-refractivity contribution in [2.24, 2.45) is 0 Å². The van der Waals surface area contributed by atoms with Crippen LogP contribution in [0.2, 0.25) is 0 Å². The second kappa shape index (κ2) is 5.93. The van der Waals surface area contributed by atoms with Crippen molar-refractivity contribution in [3.8, 4) is 0 Å². The number of alkyl halides is 1. The SMILES string of the molecule is CC(C)(C)OC(=O)n1c(C(=O)CBr)cc2cc(Br)ccc21. The molecule has 0 aliphatic rings. The maximum Gasteiger partial charge on any atom is 0.419 e. The molecule has 1 aromatic heterocycles. The zero-order valence-electron chi connectivity index (χ0n) is 11.9. The average Bonchev–Trinajstić information content (AvgIpc) is 2.74. The normalized spacial score (nSPS) is 11.7. The Bertz CT molecular complexity index is 714. The summed E-state index contributed by atoms with van der Waals surface area (Å²) in [5.41, 5.74) is 0.337. The Morgan fingerprint density at radius 1 is 1.24 bits per heavy atom. The quantitative estimate of drug-likeness (QED) is 0.523. The van der Waals surface area contributed by atoms with Gasteiger partial charge in [0, 0.05) is 9.86 Å². The number of halogens is 2. The number of nitrogens with zero attached hydrogens (tertiary/aromatic N) is 1. The van der Waals surface area contributed by atoms with E-state index in [0.717, 1.165) is 9.86 Å². The summed E-state index contributed by atoms with van der Waals surface area (Å²) in [6.45, 7) is 5.37. The van der Waals surface area contributed by atoms with Crippen molar-refractivity contribution < 1.29 is 14.3 Å². The number of Topliss-reactive ketones (excluding diaryl/α,β-unsaturated/α-hetero) is 1. The molecule has 0 N–H and O–H groups in total. The van der Waals surface area contributed by atoms with Crippen molar-refractivity contribution in [1.29, 1.82) is 0 Å². The van der Waals surface area contributed by atoms with Crippen LogP contribution in [-0.4, -0.2) is 27.4 Å². The van der Waals surface area contributed by atoms with Crippen LogP contribution in [0.15, 0.2) is 28.7 Å². The van der Waals surface area contributed by atoms with Gasteiger partial charge in [0.05, 0.1) is 16.5 Å². The van der Waals surface area contributed by atoms with Gasteiger partial charge >= 0.3 is 6.09 Å². The third kappa shape index (κ3) is 3.55. The number of hydrogen-bond donors (Lipinski definition) is 0. The number of carbonyl (C=O) groups is 2. The van der Waals surface area contributed by atoms with E-state index in [4.69, 9.17) is 4.74 Å². The van der Waals surface area contributed by atoms with Gasteiger partial charge in [0.25, 0.3) is 0 Å². The van der Waals surface area contributed by atoms with E-state index in [2.05, 4.69) is 31.9 Å². The molecule has 0 aliphatic heterocycles. The molecular weight excluding hydrogens is 402 g/mol. The van der Waals surface area contributed by atoms with Gasteiger partial charge in [-0.3, -0.25) is 4.79 Å². The Balaban J connectivity index is 2.63. The van der Waals surface area contributed by atoms with Gasteiger partial charge in [-0.05, 0) is 45.0 Å². The summed E-state index contributed by atoms with van der Waals surface area (Å²) in [7, 11) is 0. The molecule has 6 heteroatoms. The van der Waals surface area contributed by atoms with Gasteiger partial charge in [0.1, 0.15) is 5.60 Å². The maximum absolute atomic E-state index is 12.4. The first-order valence-electron chi connectivity index (χ1n) is 6.36. The lowest BCUT2D eigenvalue weighted by atomic mass is 10.2. The van der Waals surface area contributed by atoms with E-state index < -0.39 is 11.7 Å². The highest BCUT2D eigenvalue weighted by Crippen LogP contribution is 2.25. The molecule has 0 saturated carbocycles. The predicted molar refractivity (Wildman–Crippen MR) is 89.4 cm³/mol. The van der Waals surface area contributed by atoms with Crippen LogP contribution in [0.5, 0.6) is 0 Å². The summed E-state index contributed by atoms with van der Waals surface area (Å²) >= 11 is 6.53. The maximum atomic E-state index is 12.4. The summed E-state index contributed by atoms with van der Waals surface area (Å²) in [6, 6.07) is 7.18. The molecule has 21 heavy (non-hydrogen) atoms. The molecule has 0 fully saturated rings. The molecule has 0 radical (unpaired) electrons. The Morgan fingerprint density at radius 2 is 1.90 bits per heavy atom. The molecule has 0 spiro atoms. The number of ketones is 1. The molecule has 0 amide bonds. The van der Waals surface area contributed by atoms with Crippen molar-refractivity contribution in [2.45, 2.75) is 26.4 Å². The van der Waals surface area contributed by atoms with Gasteiger partial charge in [0.15, 0.2) is 5.78 Å². The van der Waals surface area contributed by atoms with E-state index in [0.29, 0.717) is 11.2 Å². The van der Waals surface area contributed by atoms with E-state index in [1.807, 2.05) is 12.1 Å². The second-order valence-electron chi connectivity index (χ2n) is 5.61. The number of ether oxygens (including phenoxy) is 1. The van der Waals surface area contributed by atoms with Crippen LogP contribution in [0.25, 0.3) is 10.9 Å². The molecule has 2 rings (SSSR count). The van der Waals surface area contributed by atoms with Crippen molar-refractivity contribution >= 4 is 54.6 Å². The van der Waals surface area contributed by atoms with Gasteiger partial charge in [-0.2, -0.15) is 0 Å². The molecule has 1 aromatic carbocycles. The van der Waals surface area contributed by atoms with Gasteiger partial charge in [0.2, 0.25) is 0 Å². The minimum absolute atomic E-state index is 0.146. The van der Waals surface area contributed by atoms with E-state index in [1.165, 1.54) is 4.57 Å². The van der Waals surface area contributed by atoms with Crippen molar-refractivity contribution in [2.75, 3.05) is 5.33 Å². The third-order valence-corrected chi connectivity index (χ3v) is 3.75. The first-order chi connectivity index (χ1) is 9.73. The lowest BCUT2D eigenvalue weighted by Crippen LogP contribution is -2.28. The predicted octanol–water partition coefficient (Wildman–Crippen LogP) is 4.76. The van der Waals surface area contributed by atoms with Crippen LogP contribution < -0.4 is 0 Å². The average molecular weight is 417 g/mol. The lowest BCUT2D eigenvalue weighted by Gasteiger charge is -2.20. The van der Waals surface area contributed by atoms with Crippen molar-refractivity contribution in [3.05, 3.63) is 34.4 Å². The highest BCUT2D eigenvalue weighted by molar-refractivity contribution is 9.10. The Hall–Kier alpha value is -1.14. The van der Waals surface area contributed by atoms with Crippen LogP contribution >= 0.6 is 31.9 Å². The summed E-state index contributed by atoms with van der Waals surface area (Å²) in [5.74, 6) is -0.173. The molecule has 112 valence electrons.